The Morgan fingerprint density at radius 3 is 2.58 bits per heavy atom. The van der Waals surface area contributed by atoms with Gasteiger partial charge in [-0.25, -0.2) is 13.1 Å². The van der Waals surface area contributed by atoms with E-state index in [9.17, 15) is 8.42 Å². The lowest BCUT2D eigenvalue weighted by atomic mass is 10.3. The molecule has 0 radical (unpaired) electrons. The summed E-state index contributed by atoms with van der Waals surface area (Å²) in [6.45, 7) is 1.96. The number of hydrogen-bond acceptors (Lipinski definition) is 3. The number of rotatable bonds is 5. The molecular weight excluding hydrogens is 178 g/mol. The SMILES string of the molecule is CCC(O)CNS(=O)(=O)C1CC1. The van der Waals surface area contributed by atoms with Crippen LogP contribution >= 0.6 is 0 Å². The van der Waals surface area contributed by atoms with Crippen LogP contribution in [-0.2, 0) is 10.0 Å². The molecule has 0 spiro atoms. The van der Waals surface area contributed by atoms with E-state index in [1.807, 2.05) is 6.92 Å². The lowest BCUT2D eigenvalue weighted by Crippen LogP contribution is -2.33. The highest BCUT2D eigenvalue weighted by Gasteiger charge is 2.35. The van der Waals surface area contributed by atoms with Gasteiger partial charge in [0.25, 0.3) is 0 Å². The third-order valence-corrected chi connectivity index (χ3v) is 3.87. The molecule has 72 valence electrons. The van der Waals surface area contributed by atoms with E-state index in [0.29, 0.717) is 6.42 Å². The molecule has 1 aliphatic rings. The van der Waals surface area contributed by atoms with E-state index >= 15 is 0 Å². The Morgan fingerprint density at radius 2 is 2.17 bits per heavy atom. The first-order valence-electron chi connectivity index (χ1n) is 4.23. The fourth-order valence-corrected chi connectivity index (χ4v) is 2.27. The topological polar surface area (TPSA) is 66.4 Å². The summed E-state index contributed by atoms with van der Waals surface area (Å²) >= 11 is 0. The van der Waals surface area contributed by atoms with Gasteiger partial charge < -0.3 is 5.11 Å². The molecule has 4 nitrogen and oxygen atoms in total. The average Bonchev–Trinajstić information content (AvgIpc) is 2.82. The molecule has 0 aliphatic heterocycles. The first-order valence-corrected chi connectivity index (χ1v) is 5.77. The summed E-state index contributed by atoms with van der Waals surface area (Å²) in [4.78, 5) is 0. The van der Waals surface area contributed by atoms with Gasteiger partial charge >= 0.3 is 0 Å². The molecule has 0 aromatic heterocycles. The predicted octanol–water partition coefficient (Wildman–Crippen LogP) is -0.161. The fraction of sp³-hybridized carbons (Fsp3) is 1.00. The van der Waals surface area contributed by atoms with Gasteiger partial charge in [-0.15, -0.1) is 0 Å². The first-order chi connectivity index (χ1) is 5.56. The van der Waals surface area contributed by atoms with Crippen molar-refractivity contribution in [1.29, 1.82) is 0 Å². The Morgan fingerprint density at radius 1 is 1.58 bits per heavy atom. The monoisotopic (exact) mass is 193 g/mol. The molecule has 1 rings (SSSR count). The quantitative estimate of drug-likeness (QED) is 0.637. The second kappa shape index (κ2) is 3.72. The van der Waals surface area contributed by atoms with Gasteiger partial charge in [0.2, 0.25) is 10.0 Å². The van der Waals surface area contributed by atoms with Crippen LogP contribution in [0.1, 0.15) is 26.2 Å². The Balaban J connectivity index is 2.30. The van der Waals surface area contributed by atoms with Gasteiger partial charge in [0.15, 0.2) is 0 Å². The number of hydrogen-bond donors (Lipinski definition) is 2. The molecule has 5 heteroatoms. The molecule has 0 amide bonds. The summed E-state index contributed by atoms with van der Waals surface area (Å²) in [5, 5.41) is 8.90. The van der Waals surface area contributed by atoms with Crippen molar-refractivity contribution in [2.45, 2.75) is 37.5 Å². The standard InChI is InChI=1S/C7H15NO3S/c1-2-6(9)5-8-12(10,11)7-3-4-7/h6-9H,2-5H2,1H3. The van der Waals surface area contributed by atoms with Gasteiger partial charge in [-0.3, -0.25) is 0 Å². The summed E-state index contributed by atoms with van der Waals surface area (Å²) in [6.07, 6.45) is 1.54. The summed E-state index contributed by atoms with van der Waals surface area (Å²) in [5.41, 5.74) is 0. The normalized spacial score (nSPS) is 20.8. The molecule has 0 aromatic carbocycles. The molecule has 2 N–H and O–H groups in total. The van der Waals surface area contributed by atoms with E-state index in [1.54, 1.807) is 0 Å². The first kappa shape index (κ1) is 9.95. The minimum Gasteiger partial charge on any atom is -0.392 e. The third-order valence-electron chi connectivity index (χ3n) is 1.95. The van der Waals surface area contributed by atoms with E-state index in [-0.39, 0.29) is 11.8 Å². The van der Waals surface area contributed by atoms with Crippen molar-refractivity contribution >= 4 is 10.0 Å². The number of sulfonamides is 1. The molecule has 1 aliphatic carbocycles. The number of aliphatic hydroxyl groups excluding tert-OH is 1. The van der Waals surface area contributed by atoms with Crippen molar-refractivity contribution in [3.8, 4) is 0 Å². The highest BCUT2D eigenvalue weighted by atomic mass is 32.2. The smallest absolute Gasteiger partial charge is 0.214 e. The minimum atomic E-state index is -3.10. The predicted molar refractivity (Wildman–Crippen MR) is 46.2 cm³/mol. The molecule has 0 heterocycles. The third kappa shape index (κ3) is 2.73. The van der Waals surface area contributed by atoms with Crippen LogP contribution in [0.15, 0.2) is 0 Å². The number of nitrogens with one attached hydrogen (secondary N) is 1. The van der Waals surface area contributed by atoms with Crippen LogP contribution in [-0.4, -0.2) is 31.4 Å². The van der Waals surface area contributed by atoms with Gasteiger partial charge in [-0.1, -0.05) is 6.92 Å². The highest BCUT2D eigenvalue weighted by Crippen LogP contribution is 2.27. The van der Waals surface area contributed by atoms with Crippen LogP contribution in [0.25, 0.3) is 0 Å². The lowest BCUT2D eigenvalue weighted by Gasteiger charge is -2.08. The molecule has 0 saturated heterocycles. The van der Waals surface area contributed by atoms with Crippen LogP contribution in [0, 0.1) is 0 Å². The molecule has 1 saturated carbocycles. The molecule has 0 bridgehead atoms. The van der Waals surface area contributed by atoms with E-state index in [0.717, 1.165) is 12.8 Å². The van der Waals surface area contributed by atoms with Crippen LogP contribution in [0.4, 0.5) is 0 Å². The van der Waals surface area contributed by atoms with Gasteiger partial charge in [0.05, 0.1) is 11.4 Å². The van der Waals surface area contributed by atoms with Crippen molar-refractivity contribution in [1.82, 2.24) is 4.72 Å². The van der Waals surface area contributed by atoms with Crippen LogP contribution in [0.2, 0.25) is 0 Å². The molecule has 1 fully saturated rings. The summed E-state index contributed by atoms with van der Waals surface area (Å²) in [5.74, 6) is 0. The van der Waals surface area contributed by atoms with Crippen LogP contribution in [0.3, 0.4) is 0 Å². The zero-order chi connectivity index (χ0) is 9.19. The molecular formula is C7H15NO3S. The van der Waals surface area contributed by atoms with Gasteiger partial charge in [-0.2, -0.15) is 0 Å². The van der Waals surface area contributed by atoms with Gasteiger partial charge in [0.1, 0.15) is 0 Å². The minimum absolute atomic E-state index is 0.148. The van der Waals surface area contributed by atoms with E-state index in [4.69, 9.17) is 5.11 Å². The zero-order valence-electron chi connectivity index (χ0n) is 7.16. The molecule has 0 aromatic rings. The number of aliphatic hydroxyl groups is 1. The Labute approximate surface area is 73.0 Å². The van der Waals surface area contributed by atoms with E-state index in [2.05, 4.69) is 4.72 Å². The Bertz CT molecular complexity index is 233. The average molecular weight is 193 g/mol. The second-order valence-electron chi connectivity index (χ2n) is 3.15. The molecule has 12 heavy (non-hydrogen) atoms. The van der Waals surface area contributed by atoms with Crippen molar-refractivity contribution in [2.75, 3.05) is 6.54 Å². The van der Waals surface area contributed by atoms with Crippen LogP contribution in [0.5, 0.6) is 0 Å². The largest absolute Gasteiger partial charge is 0.392 e. The lowest BCUT2D eigenvalue weighted by molar-refractivity contribution is 0.174. The summed E-state index contributed by atoms with van der Waals surface area (Å²) < 4.78 is 24.8. The Hall–Kier alpha value is -0.130. The van der Waals surface area contributed by atoms with Crippen molar-refractivity contribution in [3.63, 3.8) is 0 Å². The maximum atomic E-state index is 11.2. The second-order valence-corrected chi connectivity index (χ2v) is 5.20. The summed E-state index contributed by atoms with van der Waals surface area (Å²) in [6, 6.07) is 0. The fourth-order valence-electron chi connectivity index (χ4n) is 0.853. The molecule has 1 unspecified atom stereocenters. The van der Waals surface area contributed by atoms with E-state index < -0.39 is 16.1 Å². The van der Waals surface area contributed by atoms with Gasteiger partial charge in [0, 0.05) is 6.54 Å². The van der Waals surface area contributed by atoms with Gasteiger partial charge in [-0.05, 0) is 19.3 Å². The van der Waals surface area contributed by atoms with Crippen LogP contribution < -0.4 is 4.72 Å². The zero-order valence-corrected chi connectivity index (χ0v) is 7.97. The van der Waals surface area contributed by atoms with Crippen molar-refractivity contribution in [2.24, 2.45) is 0 Å². The Kier molecular flexibility index (Phi) is 3.09. The maximum Gasteiger partial charge on any atom is 0.214 e. The van der Waals surface area contributed by atoms with Crippen molar-refractivity contribution in [3.05, 3.63) is 0 Å². The van der Waals surface area contributed by atoms with E-state index in [1.165, 1.54) is 0 Å². The maximum absolute atomic E-state index is 11.2. The van der Waals surface area contributed by atoms with Crippen molar-refractivity contribution < 1.29 is 13.5 Å². The highest BCUT2D eigenvalue weighted by molar-refractivity contribution is 7.90. The molecule has 1 atom stereocenters. The summed E-state index contributed by atoms with van der Waals surface area (Å²) in [7, 11) is -3.10.